The van der Waals surface area contributed by atoms with Crippen LogP contribution in [0.5, 0.6) is 0 Å². The minimum absolute atomic E-state index is 0.113. The van der Waals surface area contributed by atoms with Gasteiger partial charge in [-0.05, 0) is 67.3 Å². The minimum atomic E-state index is 0.113. The van der Waals surface area contributed by atoms with Gasteiger partial charge in [0, 0.05) is 65.0 Å². The highest BCUT2D eigenvalue weighted by atomic mass is 35.5. The number of aromatic nitrogens is 5. The van der Waals surface area contributed by atoms with Crippen molar-refractivity contribution >= 4 is 39.4 Å². The van der Waals surface area contributed by atoms with Crippen LogP contribution >= 0.6 is 11.6 Å². The van der Waals surface area contributed by atoms with E-state index in [1.807, 2.05) is 30.7 Å². The number of piperidine rings is 1. The van der Waals surface area contributed by atoms with Crippen molar-refractivity contribution in [2.24, 2.45) is 5.41 Å². The molecular weight excluding hydrogens is 506 g/mol. The van der Waals surface area contributed by atoms with Crippen LogP contribution in [-0.4, -0.2) is 51.1 Å². The first-order chi connectivity index (χ1) is 18.9. The summed E-state index contributed by atoms with van der Waals surface area (Å²) in [5.41, 5.74) is 5.25. The Balaban J connectivity index is 1.39. The largest absolute Gasteiger partial charge is 0.355 e. The third kappa shape index (κ3) is 4.42. The molecule has 0 radical (unpaired) electrons. The highest BCUT2D eigenvalue weighted by Gasteiger charge is 2.37. The van der Waals surface area contributed by atoms with Crippen molar-refractivity contribution in [1.29, 1.82) is 0 Å². The van der Waals surface area contributed by atoms with Crippen molar-refractivity contribution in [1.82, 2.24) is 30.2 Å². The summed E-state index contributed by atoms with van der Waals surface area (Å²) in [7, 11) is 2.21. The number of nitrogens with one attached hydrogen (secondary N) is 2. The Morgan fingerprint density at radius 3 is 2.77 bits per heavy atom. The van der Waals surface area contributed by atoms with Gasteiger partial charge in [0.15, 0.2) is 5.82 Å². The normalized spacial score (nSPS) is 22.8. The molecule has 0 aromatic carbocycles. The first-order valence-electron chi connectivity index (χ1n) is 14.0. The average molecular weight is 540 g/mol. The Bertz CT molecular complexity index is 1630. The van der Waals surface area contributed by atoms with Crippen LogP contribution < -0.4 is 10.2 Å². The van der Waals surface area contributed by atoms with E-state index >= 15 is 0 Å². The summed E-state index contributed by atoms with van der Waals surface area (Å²) in [4.78, 5) is 25.7. The lowest BCUT2D eigenvalue weighted by Crippen LogP contribution is -2.53. The van der Waals surface area contributed by atoms with Gasteiger partial charge < -0.3 is 15.2 Å². The number of hydrogen-bond donors (Lipinski definition) is 2. The third-order valence-corrected chi connectivity index (χ3v) is 9.04. The van der Waals surface area contributed by atoms with Gasteiger partial charge >= 0.3 is 0 Å². The molecule has 2 fully saturated rings. The molecule has 2 N–H and O–H groups in total. The first kappa shape index (κ1) is 24.7. The molecular formula is C31H34ClN7. The maximum Gasteiger partial charge on any atom is 0.163 e. The average Bonchev–Trinajstić information content (AvgIpc) is 3.69. The molecule has 0 amide bonds. The van der Waals surface area contributed by atoms with Crippen LogP contribution in [0.25, 0.3) is 33.3 Å². The van der Waals surface area contributed by atoms with Crippen molar-refractivity contribution in [2.75, 3.05) is 25.0 Å². The summed E-state index contributed by atoms with van der Waals surface area (Å²) in [6.45, 7) is 6.70. The van der Waals surface area contributed by atoms with E-state index in [1.54, 1.807) is 0 Å². The van der Waals surface area contributed by atoms with Crippen molar-refractivity contribution in [3.63, 3.8) is 0 Å². The zero-order chi connectivity index (χ0) is 26.7. The summed E-state index contributed by atoms with van der Waals surface area (Å²) < 4.78 is 0. The van der Waals surface area contributed by atoms with Crippen LogP contribution in [0.1, 0.15) is 62.6 Å². The molecule has 8 heteroatoms. The Kier molecular flexibility index (Phi) is 5.97. The van der Waals surface area contributed by atoms with Gasteiger partial charge in [-0.1, -0.05) is 37.6 Å². The lowest BCUT2D eigenvalue weighted by atomic mass is 9.79. The van der Waals surface area contributed by atoms with Crippen LogP contribution in [0.3, 0.4) is 0 Å². The fourth-order valence-electron chi connectivity index (χ4n) is 6.46. The molecule has 2 unspecified atom stereocenters. The number of anilines is 1. The summed E-state index contributed by atoms with van der Waals surface area (Å²) >= 11 is 6.17. The number of aromatic amines is 1. The van der Waals surface area contributed by atoms with E-state index in [0.29, 0.717) is 17.8 Å². The number of H-pyrrole nitrogens is 1. The lowest BCUT2D eigenvalue weighted by Gasteiger charge is -2.45. The van der Waals surface area contributed by atoms with Crippen molar-refractivity contribution in [3.8, 4) is 11.4 Å². The van der Waals surface area contributed by atoms with E-state index in [0.717, 1.165) is 70.0 Å². The van der Waals surface area contributed by atoms with Crippen molar-refractivity contribution < 1.29 is 0 Å². The van der Waals surface area contributed by atoms with E-state index in [2.05, 4.69) is 64.3 Å². The van der Waals surface area contributed by atoms with E-state index in [9.17, 15) is 0 Å². The van der Waals surface area contributed by atoms with Crippen molar-refractivity contribution in [3.05, 3.63) is 65.2 Å². The lowest BCUT2D eigenvalue weighted by molar-refractivity contribution is 0.215. The third-order valence-electron chi connectivity index (χ3n) is 8.76. The fourth-order valence-corrected chi connectivity index (χ4v) is 6.62. The second kappa shape index (κ2) is 9.42. The van der Waals surface area contributed by atoms with E-state index < -0.39 is 0 Å². The maximum atomic E-state index is 6.17. The number of hydrogen-bond acceptors (Lipinski definition) is 6. The number of allylic oxidation sites excluding steroid dienone is 4. The minimum Gasteiger partial charge on any atom is -0.355 e. The summed E-state index contributed by atoms with van der Waals surface area (Å²) in [5, 5.41) is 6.56. The smallest absolute Gasteiger partial charge is 0.163 e. The molecule has 2 aliphatic carbocycles. The van der Waals surface area contributed by atoms with Gasteiger partial charge in [-0.25, -0.2) is 15.0 Å². The predicted octanol–water partition coefficient (Wildman–Crippen LogP) is 6.44. The number of pyridine rings is 2. The maximum absolute atomic E-state index is 6.17. The highest BCUT2D eigenvalue weighted by Crippen LogP contribution is 2.46. The van der Waals surface area contributed by atoms with Crippen LogP contribution in [0.15, 0.2) is 54.0 Å². The molecule has 3 aliphatic rings. The molecule has 1 saturated heterocycles. The molecule has 1 aliphatic heterocycles. The molecule has 7 nitrogen and oxygen atoms in total. The number of nitrogens with zero attached hydrogens (tertiary/aromatic N) is 5. The summed E-state index contributed by atoms with van der Waals surface area (Å²) in [5.74, 6) is 2.51. The Morgan fingerprint density at radius 1 is 1.13 bits per heavy atom. The second-order valence-corrected chi connectivity index (χ2v) is 12.4. The molecule has 0 spiro atoms. The van der Waals surface area contributed by atoms with Gasteiger partial charge in [0.2, 0.25) is 0 Å². The summed E-state index contributed by atoms with van der Waals surface area (Å²) in [6, 6.07) is 4.59. The number of fused-ring (bicyclic) bond motifs is 2. The summed E-state index contributed by atoms with van der Waals surface area (Å²) in [6.07, 6.45) is 16.3. The molecule has 7 rings (SSSR count). The molecule has 200 valence electrons. The zero-order valence-electron chi connectivity index (χ0n) is 22.7. The fraction of sp³-hybridized carbons (Fsp3) is 0.419. The second-order valence-electron chi connectivity index (χ2n) is 12.0. The van der Waals surface area contributed by atoms with Gasteiger partial charge in [-0.15, -0.1) is 0 Å². The van der Waals surface area contributed by atoms with Crippen LogP contribution in [0.4, 0.5) is 5.82 Å². The molecule has 2 atom stereocenters. The monoisotopic (exact) mass is 539 g/mol. The quantitative estimate of drug-likeness (QED) is 0.304. The highest BCUT2D eigenvalue weighted by molar-refractivity contribution is 6.31. The van der Waals surface area contributed by atoms with Gasteiger partial charge in [-0.2, -0.15) is 0 Å². The number of rotatable bonds is 5. The standard InChI is InChI=1S/C31H34ClN7/c1-31(2)17-33-12-11-26(31)39(3)30-27-23(18-4-5-18)15-34-16-25(27)37-29(38-30)21-10-13-35-28-22(21)14-24(36-28)19-6-8-20(32)9-7-19/h6,8-10,13-16,18-19,26,33H,4-5,7,11-12,17H2,1-3H3,(H,35,36). The van der Waals surface area contributed by atoms with Crippen LogP contribution in [0.2, 0.25) is 0 Å². The van der Waals surface area contributed by atoms with Crippen molar-refractivity contribution in [2.45, 2.75) is 57.4 Å². The van der Waals surface area contributed by atoms with Crippen LogP contribution in [0, 0.1) is 5.41 Å². The first-order valence-corrected chi connectivity index (χ1v) is 14.4. The molecule has 5 heterocycles. The predicted molar refractivity (Wildman–Crippen MR) is 158 cm³/mol. The van der Waals surface area contributed by atoms with Gasteiger partial charge in [0.25, 0.3) is 0 Å². The van der Waals surface area contributed by atoms with E-state index in [-0.39, 0.29) is 11.3 Å². The Labute approximate surface area is 233 Å². The van der Waals surface area contributed by atoms with Gasteiger partial charge in [0.1, 0.15) is 11.5 Å². The zero-order valence-corrected chi connectivity index (χ0v) is 23.5. The number of halogens is 1. The molecule has 4 aromatic rings. The SMILES string of the molecule is CN(c1nc(-c2ccnc3[nH]c(C4C=CC(Cl)=CC4)cc23)nc2cncc(C3CC3)c12)C1CCNCC1(C)C. The Hall–Kier alpha value is -3.29. The molecule has 0 bridgehead atoms. The van der Waals surface area contributed by atoms with E-state index in [4.69, 9.17) is 21.6 Å². The topological polar surface area (TPSA) is 82.6 Å². The Morgan fingerprint density at radius 2 is 2.00 bits per heavy atom. The van der Waals surface area contributed by atoms with Gasteiger partial charge in [-0.3, -0.25) is 4.98 Å². The molecule has 1 saturated carbocycles. The molecule has 4 aromatic heterocycles. The van der Waals surface area contributed by atoms with Gasteiger partial charge in [0.05, 0.1) is 11.7 Å². The van der Waals surface area contributed by atoms with Crippen LogP contribution in [-0.2, 0) is 0 Å². The van der Waals surface area contributed by atoms with E-state index in [1.165, 1.54) is 18.4 Å². The molecule has 39 heavy (non-hydrogen) atoms.